The van der Waals surface area contributed by atoms with Crippen molar-refractivity contribution < 1.29 is 14.3 Å². The minimum atomic E-state index is -0.698. The highest BCUT2D eigenvalue weighted by atomic mass is 35.5. The van der Waals surface area contributed by atoms with Gasteiger partial charge < -0.3 is 19.9 Å². The standard InChI is InChI=1S/C34H40ClN5O3S/c1-2-22-43-30-14-12-28(13-15-30)36-32(41)24-31-33(42)40(29-11-6-10-27(35)23-29)34(44)39(31)17-7-16-37-18-20-38(21-19-37)25-26-8-4-3-5-9-26/h3-6,8-15,23,31H,2,7,16-22,24-25H2,1H3,(H,36,41)/t31-/m1/s1. The van der Waals surface area contributed by atoms with Gasteiger partial charge in [-0.05, 0) is 79.6 Å². The van der Waals surface area contributed by atoms with Gasteiger partial charge in [0.15, 0.2) is 5.11 Å². The summed E-state index contributed by atoms with van der Waals surface area (Å²) < 4.78 is 5.64. The molecule has 0 unspecified atom stereocenters. The smallest absolute Gasteiger partial charge is 0.256 e. The van der Waals surface area contributed by atoms with E-state index in [0.717, 1.165) is 57.9 Å². The predicted octanol–water partition coefficient (Wildman–Crippen LogP) is 5.67. The molecule has 44 heavy (non-hydrogen) atoms. The molecular formula is C34H40ClN5O3S. The number of thiocarbonyl (C=S) groups is 1. The second-order valence-corrected chi connectivity index (χ2v) is 12.0. The first-order valence-electron chi connectivity index (χ1n) is 15.3. The van der Waals surface area contributed by atoms with Gasteiger partial charge in [0.05, 0.1) is 18.7 Å². The molecule has 2 saturated heterocycles. The number of hydrogen-bond acceptors (Lipinski definition) is 6. The first-order valence-corrected chi connectivity index (χ1v) is 16.1. The summed E-state index contributed by atoms with van der Waals surface area (Å²) in [5.74, 6) is 0.285. The number of carbonyl (C=O) groups excluding carboxylic acids is 2. The van der Waals surface area contributed by atoms with Gasteiger partial charge in [-0.3, -0.25) is 19.4 Å². The van der Waals surface area contributed by atoms with Crippen LogP contribution in [0.3, 0.4) is 0 Å². The van der Waals surface area contributed by atoms with Gasteiger partial charge in [0, 0.05) is 50.0 Å². The number of amides is 2. The molecule has 2 amide bonds. The molecule has 232 valence electrons. The highest BCUT2D eigenvalue weighted by Gasteiger charge is 2.44. The van der Waals surface area contributed by atoms with E-state index in [4.69, 9.17) is 28.6 Å². The van der Waals surface area contributed by atoms with Crippen LogP contribution in [0.1, 0.15) is 31.7 Å². The number of anilines is 2. The van der Waals surface area contributed by atoms with Gasteiger partial charge in [-0.25, -0.2) is 0 Å². The topological polar surface area (TPSA) is 68.4 Å². The van der Waals surface area contributed by atoms with Crippen molar-refractivity contribution in [3.05, 3.63) is 89.4 Å². The van der Waals surface area contributed by atoms with Crippen LogP contribution >= 0.6 is 23.8 Å². The Balaban J connectivity index is 1.19. The zero-order chi connectivity index (χ0) is 30.9. The fourth-order valence-corrected chi connectivity index (χ4v) is 6.26. The van der Waals surface area contributed by atoms with E-state index in [1.54, 1.807) is 30.3 Å². The van der Waals surface area contributed by atoms with Gasteiger partial charge >= 0.3 is 0 Å². The van der Waals surface area contributed by atoms with Crippen molar-refractivity contribution in [1.29, 1.82) is 0 Å². The van der Waals surface area contributed by atoms with Crippen LogP contribution in [0, 0.1) is 0 Å². The Labute approximate surface area is 270 Å². The molecule has 0 bridgehead atoms. The summed E-state index contributed by atoms with van der Waals surface area (Å²) in [5.41, 5.74) is 2.60. The Hall–Kier alpha value is -3.50. The minimum Gasteiger partial charge on any atom is -0.494 e. The lowest BCUT2D eigenvalue weighted by Gasteiger charge is -2.35. The van der Waals surface area contributed by atoms with E-state index in [9.17, 15) is 9.59 Å². The third-order valence-corrected chi connectivity index (χ3v) is 8.61. The van der Waals surface area contributed by atoms with Gasteiger partial charge in [-0.1, -0.05) is 54.9 Å². The lowest BCUT2D eigenvalue weighted by atomic mass is 10.1. The largest absolute Gasteiger partial charge is 0.494 e. The molecule has 0 saturated carbocycles. The van der Waals surface area contributed by atoms with E-state index in [1.165, 1.54) is 10.5 Å². The molecule has 8 nitrogen and oxygen atoms in total. The molecular weight excluding hydrogens is 594 g/mol. The average molecular weight is 634 g/mol. The molecule has 2 fully saturated rings. The molecule has 2 heterocycles. The molecule has 3 aromatic rings. The molecule has 10 heteroatoms. The van der Waals surface area contributed by atoms with E-state index in [-0.39, 0.29) is 18.2 Å². The maximum Gasteiger partial charge on any atom is 0.256 e. The molecule has 3 aromatic carbocycles. The summed E-state index contributed by atoms with van der Waals surface area (Å²) in [6.45, 7) is 9.17. The Morgan fingerprint density at radius 1 is 0.955 bits per heavy atom. The second kappa shape index (κ2) is 15.5. The molecule has 0 spiro atoms. The molecule has 2 aliphatic rings. The first kappa shape index (κ1) is 31.9. The van der Waals surface area contributed by atoms with Crippen molar-refractivity contribution in [1.82, 2.24) is 14.7 Å². The Bertz CT molecular complexity index is 1420. The van der Waals surface area contributed by atoms with Crippen LogP contribution in [0.2, 0.25) is 5.02 Å². The first-order chi connectivity index (χ1) is 21.4. The molecule has 0 aromatic heterocycles. The van der Waals surface area contributed by atoms with Crippen molar-refractivity contribution in [3.63, 3.8) is 0 Å². The van der Waals surface area contributed by atoms with Crippen LogP contribution in [0.4, 0.5) is 11.4 Å². The van der Waals surface area contributed by atoms with E-state index >= 15 is 0 Å². The third-order valence-electron chi connectivity index (χ3n) is 7.96. The number of ether oxygens (including phenoxy) is 1. The average Bonchev–Trinajstić information content (AvgIpc) is 3.26. The number of carbonyl (C=O) groups is 2. The second-order valence-electron chi connectivity index (χ2n) is 11.2. The molecule has 2 aliphatic heterocycles. The fraction of sp³-hybridized carbons (Fsp3) is 0.382. The maximum atomic E-state index is 13.8. The molecule has 1 N–H and O–H groups in total. The quantitative estimate of drug-likeness (QED) is 0.243. The monoisotopic (exact) mass is 633 g/mol. The Morgan fingerprint density at radius 2 is 1.68 bits per heavy atom. The van der Waals surface area contributed by atoms with Gasteiger partial charge in [0.2, 0.25) is 5.91 Å². The van der Waals surface area contributed by atoms with Crippen molar-refractivity contribution >= 4 is 52.1 Å². The minimum absolute atomic E-state index is 0.0116. The van der Waals surface area contributed by atoms with Crippen LogP contribution in [-0.2, 0) is 16.1 Å². The lowest BCUT2D eigenvalue weighted by Crippen LogP contribution is -2.47. The number of hydrogen-bond donors (Lipinski definition) is 1. The third kappa shape index (κ3) is 8.35. The normalized spacial score (nSPS) is 17.7. The number of nitrogens with zero attached hydrogens (tertiary/aromatic N) is 4. The summed E-state index contributed by atoms with van der Waals surface area (Å²) in [7, 11) is 0. The fourth-order valence-electron chi connectivity index (χ4n) is 5.66. The summed E-state index contributed by atoms with van der Waals surface area (Å²) in [6, 6.07) is 24.2. The van der Waals surface area contributed by atoms with E-state index < -0.39 is 6.04 Å². The molecule has 5 rings (SSSR count). The van der Waals surface area contributed by atoms with Gasteiger partial charge in [-0.2, -0.15) is 0 Å². The molecule has 1 atom stereocenters. The van der Waals surface area contributed by atoms with Gasteiger partial charge in [0.25, 0.3) is 5.91 Å². The Kier molecular flexibility index (Phi) is 11.2. The van der Waals surface area contributed by atoms with Crippen molar-refractivity contribution in [3.8, 4) is 5.75 Å². The maximum absolute atomic E-state index is 13.8. The van der Waals surface area contributed by atoms with Crippen LogP contribution in [0.25, 0.3) is 0 Å². The molecule has 0 radical (unpaired) electrons. The van der Waals surface area contributed by atoms with Crippen molar-refractivity contribution in [2.24, 2.45) is 0 Å². The van der Waals surface area contributed by atoms with Crippen LogP contribution in [0.15, 0.2) is 78.9 Å². The SMILES string of the molecule is CCCOc1ccc(NC(=O)C[C@@H]2C(=O)N(c3cccc(Cl)c3)C(=S)N2CCCN2CCN(Cc3ccccc3)CC2)cc1. The van der Waals surface area contributed by atoms with Crippen molar-refractivity contribution in [2.75, 3.05) is 56.1 Å². The van der Waals surface area contributed by atoms with E-state index in [2.05, 4.69) is 52.4 Å². The predicted molar refractivity (Wildman–Crippen MR) is 180 cm³/mol. The van der Waals surface area contributed by atoms with Gasteiger partial charge in [0.1, 0.15) is 11.8 Å². The summed E-state index contributed by atoms with van der Waals surface area (Å²) in [5, 5.41) is 3.85. The van der Waals surface area contributed by atoms with Crippen LogP contribution in [-0.4, -0.2) is 83.5 Å². The zero-order valence-corrected chi connectivity index (χ0v) is 26.7. The zero-order valence-electron chi connectivity index (χ0n) is 25.2. The van der Waals surface area contributed by atoms with Crippen molar-refractivity contribution in [2.45, 2.75) is 38.8 Å². The van der Waals surface area contributed by atoms with Crippen LogP contribution in [0.5, 0.6) is 5.75 Å². The Morgan fingerprint density at radius 3 is 2.39 bits per heavy atom. The number of halogens is 1. The summed E-state index contributed by atoms with van der Waals surface area (Å²) in [4.78, 5) is 35.3. The lowest BCUT2D eigenvalue weighted by molar-refractivity contribution is -0.124. The molecule has 0 aliphatic carbocycles. The highest BCUT2D eigenvalue weighted by Crippen LogP contribution is 2.29. The number of nitrogens with one attached hydrogen (secondary N) is 1. The van der Waals surface area contributed by atoms with E-state index in [1.807, 2.05) is 23.1 Å². The number of piperazine rings is 1. The number of benzene rings is 3. The summed E-state index contributed by atoms with van der Waals surface area (Å²) >= 11 is 12.1. The van der Waals surface area contributed by atoms with Crippen LogP contribution < -0.4 is 15.0 Å². The highest BCUT2D eigenvalue weighted by molar-refractivity contribution is 7.80. The van der Waals surface area contributed by atoms with E-state index in [0.29, 0.717) is 34.7 Å². The van der Waals surface area contributed by atoms with Gasteiger partial charge in [-0.15, -0.1) is 0 Å². The number of rotatable bonds is 13. The summed E-state index contributed by atoms with van der Waals surface area (Å²) in [6.07, 6.45) is 1.74.